The number of cyclic esters (lactones) is 1. The highest BCUT2D eigenvalue weighted by atomic mass is 35.5. The Labute approximate surface area is 173 Å². The third kappa shape index (κ3) is 3.56. The number of rotatable bonds is 4. The lowest BCUT2D eigenvalue weighted by Crippen LogP contribution is -2.42. The molecule has 1 aromatic carbocycles. The summed E-state index contributed by atoms with van der Waals surface area (Å²) in [6, 6.07) is 8.72. The maximum absolute atomic E-state index is 13.3. The molecule has 0 spiro atoms. The summed E-state index contributed by atoms with van der Waals surface area (Å²) in [6.45, 7) is 5.32. The van der Waals surface area contributed by atoms with Crippen molar-refractivity contribution in [2.75, 3.05) is 13.2 Å². The maximum Gasteiger partial charge on any atom is 0.348 e. The molecule has 2 aliphatic heterocycles. The third-order valence-electron chi connectivity index (χ3n) is 5.37. The van der Waals surface area contributed by atoms with Crippen LogP contribution in [0.1, 0.15) is 35.9 Å². The lowest BCUT2D eigenvalue weighted by atomic mass is 9.89. The van der Waals surface area contributed by atoms with E-state index < -0.39 is 29.5 Å². The van der Waals surface area contributed by atoms with Gasteiger partial charge in [0.15, 0.2) is 0 Å². The van der Waals surface area contributed by atoms with Crippen molar-refractivity contribution in [1.29, 1.82) is 0 Å². The fourth-order valence-corrected chi connectivity index (χ4v) is 4.90. The summed E-state index contributed by atoms with van der Waals surface area (Å²) < 4.78 is 10.8. The van der Waals surface area contributed by atoms with Crippen LogP contribution >= 0.6 is 22.9 Å². The minimum atomic E-state index is -0.911. The molecule has 7 heteroatoms. The van der Waals surface area contributed by atoms with Crippen molar-refractivity contribution in [1.82, 2.24) is 4.90 Å². The van der Waals surface area contributed by atoms with Crippen molar-refractivity contribution in [2.24, 2.45) is 5.41 Å². The first-order chi connectivity index (χ1) is 13.4. The Bertz CT molecular complexity index is 909. The Morgan fingerprint density at radius 2 is 2.14 bits per heavy atom. The van der Waals surface area contributed by atoms with E-state index in [-0.39, 0.29) is 6.61 Å². The molecule has 1 aromatic heterocycles. The molecule has 5 nitrogen and oxygen atoms in total. The highest BCUT2D eigenvalue weighted by Crippen LogP contribution is 2.37. The van der Waals surface area contributed by atoms with E-state index in [0.717, 1.165) is 13.0 Å². The molecule has 2 aromatic rings. The summed E-state index contributed by atoms with van der Waals surface area (Å²) in [6.07, 6.45) is -0.0375. The molecule has 0 N–H and O–H groups in total. The van der Waals surface area contributed by atoms with Gasteiger partial charge >= 0.3 is 11.9 Å². The number of benzene rings is 1. The number of nitrogens with zero attached hydrogens (tertiary/aromatic N) is 1. The highest BCUT2D eigenvalue weighted by Gasteiger charge is 2.48. The molecule has 4 rings (SSSR count). The maximum atomic E-state index is 13.3. The molecule has 1 saturated heterocycles. The van der Waals surface area contributed by atoms with Crippen molar-refractivity contribution in [2.45, 2.75) is 39.0 Å². The van der Waals surface area contributed by atoms with E-state index >= 15 is 0 Å². The van der Waals surface area contributed by atoms with Gasteiger partial charge in [0, 0.05) is 28.4 Å². The molecule has 2 aliphatic rings. The predicted octanol–water partition coefficient (Wildman–Crippen LogP) is 4.00. The number of ether oxygens (including phenoxy) is 2. The van der Waals surface area contributed by atoms with Crippen LogP contribution in [-0.4, -0.2) is 36.1 Å². The van der Waals surface area contributed by atoms with Crippen LogP contribution in [0.15, 0.2) is 35.7 Å². The first kappa shape index (κ1) is 19.4. The minimum Gasteiger partial charge on any atom is -0.462 e. The third-order valence-corrected chi connectivity index (χ3v) is 6.74. The molecule has 148 valence electrons. The Hall–Kier alpha value is -1.89. The van der Waals surface area contributed by atoms with E-state index in [1.54, 1.807) is 17.4 Å². The Morgan fingerprint density at radius 3 is 2.86 bits per heavy atom. The zero-order valence-electron chi connectivity index (χ0n) is 15.8. The van der Waals surface area contributed by atoms with Crippen LogP contribution in [-0.2, 0) is 32.0 Å². The number of hydrogen-bond acceptors (Lipinski definition) is 6. The van der Waals surface area contributed by atoms with Gasteiger partial charge in [-0.15, -0.1) is 11.3 Å². The monoisotopic (exact) mass is 419 g/mol. The summed E-state index contributed by atoms with van der Waals surface area (Å²) in [5.74, 6) is -0.960. The molecular weight excluding hydrogens is 398 g/mol. The quantitative estimate of drug-likeness (QED) is 0.701. The van der Waals surface area contributed by atoms with E-state index in [2.05, 4.69) is 16.3 Å². The van der Waals surface area contributed by atoms with E-state index in [1.165, 1.54) is 10.4 Å². The van der Waals surface area contributed by atoms with Crippen molar-refractivity contribution in [3.8, 4) is 0 Å². The molecule has 0 aliphatic carbocycles. The normalized spacial score (nSPS) is 22.4. The second kappa shape index (κ2) is 7.50. The molecule has 2 atom stereocenters. The second-order valence-corrected chi connectivity index (χ2v) is 9.33. The SMILES string of the molecule is CC1(C)COC(=O)[C@@H]1OC(=O)C(c1ccccc1Cl)N1CCc2sccc2C1. The Kier molecular flexibility index (Phi) is 5.21. The molecule has 0 amide bonds. The van der Waals surface area contributed by atoms with E-state index in [4.69, 9.17) is 21.1 Å². The van der Waals surface area contributed by atoms with Gasteiger partial charge in [-0.2, -0.15) is 0 Å². The van der Waals surface area contributed by atoms with Crippen LogP contribution in [0, 0.1) is 5.41 Å². The van der Waals surface area contributed by atoms with Gasteiger partial charge < -0.3 is 9.47 Å². The topological polar surface area (TPSA) is 55.8 Å². The van der Waals surface area contributed by atoms with Crippen LogP contribution in [0.4, 0.5) is 0 Å². The number of carbonyl (C=O) groups excluding carboxylic acids is 2. The van der Waals surface area contributed by atoms with Gasteiger partial charge in [0.25, 0.3) is 0 Å². The lowest BCUT2D eigenvalue weighted by Gasteiger charge is -2.34. The van der Waals surface area contributed by atoms with Gasteiger partial charge in [0.2, 0.25) is 6.10 Å². The van der Waals surface area contributed by atoms with E-state index in [9.17, 15) is 9.59 Å². The Morgan fingerprint density at radius 1 is 1.36 bits per heavy atom. The van der Waals surface area contributed by atoms with Crippen molar-refractivity contribution in [3.63, 3.8) is 0 Å². The van der Waals surface area contributed by atoms with Gasteiger partial charge in [-0.1, -0.05) is 43.6 Å². The van der Waals surface area contributed by atoms with E-state index in [0.29, 0.717) is 17.1 Å². The van der Waals surface area contributed by atoms with Crippen LogP contribution in [0.2, 0.25) is 5.02 Å². The summed E-state index contributed by atoms with van der Waals surface area (Å²) in [5.41, 5.74) is 1.36. The highest BCUT2D eigenvalue weighted by molar-refractivity contribution is 7.10. The standard InChI is InChI=1S/C21H22ClNO4S/c1-21(2)12-26-20(25)18(21)27-19(24)17(14-5-3-4-6-15(14)22)23-9-7-16-13(11-23)8-10-28-16/h3-6,8,10,17-18H,7,9,11-12H2,1-2H3/t17?,18-/m0/s1. The summed E-state index contributed by atoms with van der Waals surface area (Å²) in [4.78, 5) is 28.9. The smallest absolute Gasteiger partial charge is 0.348 e. The molecule has 0 saturated carbocycles. The summed E-state index contributed by atoms with van der Waals surface area (Å²) >= 11 is 8.18. The molecular formula is C21H22ClNO4S. The van der Waals surface area contributed by atoms with Gasteiger partial charge in [0.1, 0.15) is 12.6 Å². The van der Waals surface area contributed by atoms with Crippen molar-refractivity contribution < 1.29 is 19.1 Å². The summed E-state index contributed by atoms with van der Waals surface area (Å²) in [5, 5.41) is 2.59. The van der Waals surface area contributed by atoms with Gasteiger partial charge in [0.05, 0.1) is 0 Å². The van der Waals surface area contributed by atoms with E-state index in [1.807, 2.05) is 32.0 Å². The molecule has 0 radical (unpaired) electrons. The first-order valence-electron chi connectivity index (χ1n) is 9.28. The average Bonchev–Trinajstić information content (AvgIpc) is 3.23. The number of esters is 2. The van der Waals surface area contributed by atoms with Crippen LogP contribution in [0.3, 0.4) is 0 Å². The van der Waals surface area contributed by atoms with Crippen molar-refractivity contribution >= 4 is 34.9 Å². The first-order valence-corrected chi connectivity index (χ1v) is 10.5. The van der Waals surface area contributed by atoms with Gasteiger partial charge in [-0.25, -0.2) is 9.59 Å². The largest absolute Gasteiger partial charge is 0.462 e. The minimum absolute atomic E-state index is 0.239. The van der Waals surface area contributed by atoms with Gasteiger partial charge in [-0.3, -0.25) is 4.90 Å². The predicted molar refractivity (Wildman–Crippen MR) is 107 cm³/mol. The number of halogens is 1. The van der Waals surface area contributed by atoms with Crippen LogP contribution < -0.4 is 0 Å². The molecule has 0 bridgehead atoms. The summed E-state index contributed by atoms with van der Waals surface area (Å²) in [7, 11) is 0. The molecule has 1 fully saturated rings. The number of carbonyl (C=O) groups is 2. The van der Waals surface area contributed by atoms with Crippen molar-refractivity contribution in [3.05, 3.63) is 56.7 Å². The Balaban J connectivity index is 1.65. The fourth-order valence-electron chi connectivity index (χ4n) is 3.78. The number of fused-ring (bicyclic) bond motifs is 1. The van der Waals surface area contributed by atoms with Crippen LogP contribution in [0.5, 0.6) is 0 Å². The fraction of sp³-hybridized carbons (Fsp3) is 0.429. The zero-order chi connectivity index (χ0) is 19.9. The molecule has 1 unspecified atom stereocenters. The molecule has 28 heavy (non-hydrogen) atoms. The van der Waals surface area contributed by atoms with Crippen LogP contribution in [0.25, 0.3) is 0 Å². The molecule has 3 heterocycles. The average molecular weight is 420 g/mol. The van der Waals surface area contributed by atoms with Gasteiger partial charge in [-0.05, 0) is 35.1 Å². The number of hydrogen-bond donors (Lipinski definition) is 0. The zero-order valence-corrected chi connectivity index (χ0v) is 17.4. The second-order valence-electron chi connectivity index (χ2n) is 7.93. The lowest BCUT2D eigenvalue weighted by molar-refractivity contribution is -0.168. The number of thiophene rings is 1.